The van der Waals surface area contributed by atoms with Crippen molar-refractivity contribution in [3.05, 3.63) is 60.8 Å². The third-order valence-electron chi connectivity index (χ3n) is 7.31. The number of nitrogens with zero attached hydrogens (tertiary/aromatic N) is 1. The average molecular weight is 327 g/mol. The van der Waals surface area contributed by atoms with Crippen LogP contribution >= 0.6 is 0 Å². The molecule has 4 saturated carbocycles. The van der Waals surface area contributed by atoms with Crippen LogP contribution in [-0.2, 0) is 5.54 Å². The van der Waals surface area contributed by atoms with Gasteiger partial charge in [0, 0.05) is 28.2 Å². The van der Waals surface area contributed by atoms with Crippen LogP contribution in [0.15, 0.2) is 60.8 Å². The van der Waals surface area contributed by atoms with E-state index < -0.39 is 0 Å². The van der Waals surface area contributed by atoms with Gasteiger partial charge in [-0.15, -0.1) is 0 Å². The lowest BCUT2D eigenvalue weighted by Gasteiger charge is -2.57. The van der Waals surface area contributed by atoms with Gasteiger partial charge in [-0.2, -0.15) is 0 Å². The van der Waals surface area contributed by atoms with Crippen LogP contribution in [0.2, 0.25) is 0 Å². The van der Waals surface area contributed by atoms with Gasteiger partial charge >= 0.3 is 0 Å². The summed E-state index contributed by atoms with van der Waals surface area (Å²) in [4.78, 5) is 0. The molecule has 1 nitrogen and oxygen atoms in total. The monoisotopic (exact) mass is 327 g/mol. The Hall–Kier alpha value is -2.02. The van der Waals surface area contributed by atoms with Gasteiger partial charge in [0.25, 0.3) is 0 Å². The van der Waals surface area contributed by atoms with E-state index in [1.54, 1.807) is 0 Å². The molecule has 0 amide bonds. The normalized spacial score (nSPS) is 33.2. The number of para-hydroxylation sites is 1. The lowest BCUT2D eigenvalue weighted by molar-refractivity contribution is -0.0407. The van der Waals surface area contributed by atoms with Crippen molar-refractivity contribution in [1.29, 1.82) is 0 Å². The largest absolute Gasteiger partial charge is 0.341 e. The van der Waals surface area contributed by atoms with Crippen molar-refractivity contribution < 1.29 is 0 Å². The Kier molecular flexibility index (Phi) is 2.84. The molecule has 0 aliphatic heterocycles. The molecule has 4 aliphatic rings. The van der Waals surface area contributed by atoms with Gasteiger partial charge in [-0.05, 0) is 67.9 Å². The van der Waals surface area contributed by atoms with Crippen LogP contribution in [0, 0.1) is 17.8 Å². The van der Waals surface area contributed by atoms with Crippen molar-refractivity contribution in [1.82, 2.24) is 4.57 Å². The maximum Gasteiger partial charge on any atom is 0.0491 e. The van der Waals surface area contributed by atoms with E-state index in [4.69, 9.17) is 0 Å². The maximum atomic E-state index is 2.72. The molecule has 4 bridgehead atoms. The molecular weight excluding hydrogens is 302 g/mol. The summed E-state index contributed by atoms with van der Waals surface area (Å²) in [6, 6.07) is 20.0. The number of hydrogen-bond donors (Lipinski definition) is 0. The zero-order valence-corrected chi connectivity index (χ0v) is 14.7. The van der Waals surface area contributed by atoms with Gasteiger partial charge < -0.3 is 4.57 Å². The number of aromatic nitrogens is 1. The Morgan fingerprint density at radius 3 is 2.00 bits per heavy atom. The number of hydrogen-bond acceptors (Lipinski definition) is 0. The molecule has 126 valence electrons. The fourth-order valence-corrected chi connectivity index (χ4v) is 6.78. The van der Waals surface area contributed by atoms with Gasteiger partial charge in [0.2, 0.25) is 0 Å². The molecule has 1 heteroatoms. The molecule has 0 spiro atoms. The molecular formula is C24H25N. The smallest absolute Gasteiger partial charge is 0.0491 e. The first-order chi connectivity index (χ1) is 12.3. The Morgan fingerprint density at radius 1 is 0.720 bits per heavy atom. The van der Waals surface area contributed by atoms with Crippen LogP contribution in [0.1, 0.15) is 38.5 Å². The van der Waals surface area contributed by atoms with E-state index in [0.717, 1.165) is 17.8 Å². The van der Waals surface area contributed by atoms with Crippen LogP contribution < -0.4 is 0 Å². The van der Waals surface area contributed by atoms with E-state index in [2.05, 4.69) is 65.4 Å². The van der Waals surface area contributed by atoms with E-state index in [0.29, 0.717) is 5.54 Å². The van der Waals surface area contributed by atoms with Gasteiger partial charge in [-0.25, -0.2) is 0 Å². The molecule has 1 heterocycles. The Labute approximate surface area is 149 Å². The van der Waals surface area contributed by atoms with Crippen LogP contribution in [-0.4, -0.2) is 4.57 Å². The summed E-state index contributed by atoms with van der Waals surface area (Å²) < 4.78 is 2.72. The van der Waals surface area contributed by atoms with Gasteiger partial charge in [-0.1, -0.05) is 48.5 Å². The summed E-state index contributed by atoms with van der Waals surface area (Å²) >= 11 is 0. The minimum Gasteiger partial charge on any atom is -0.341 e. The highest BCUT2D eigenvalue weighted by molar-refractivity contribution is 5.96. The van der Waals surface area contributed by atoms with Gasteiger partial charge in [0.15, 0.2) is 0 Å². The second-order valence-electron chi connectivity index (χ2n) is 8.94. The molecule has 2 aromatic carbocycles. The number of benzene rings is 2. The number of rotatable bonds is 2. The summed E-state index contributed by atoms with van der Waals surface area (Å²) in [6.07, 6.45) is 11.2. The molecule has 7 rings (SSSR count). The van der Waals surface area contributed by atoms with Crippen molar-refractivity contribution >= 4 is 10.9 Å². The predicted molar refractivity (Wildman–Crippen MR) is 104 cm³/mol. The van der Waals surface area contributed by atoms with Crippen LogP contribution in [0.5, 0.6) is 0 Å². The minimum atomic E-state index is 0.390. The quantitative estimate of drug-likeness (QED) is 0.525. The molecule has 0 saturated heterocycles. The van der Waals surface area contributed by atoms with Gasteiger partial charge in [0.05, 0.1) is 0 Å². The van der Waals surface area contributed by atoms with Crippen molar-refractivity contribution in [3.8, 4) is 11.1 Å². The van der Waals surface area contributed by atoms with Crippen molar-refractivity contribution in [2.75, 3.05) is 0 Å². The molecule has 3 aromatic rings. The van der Waals surface area contributed by atoms with Gasteiger partial charge in [-0.3, -0.25) is 0 Å². The highest BCUT2D eigenvalue weighted by atomic mass is 15.1. The second-order valence-corrected chi connectivity index (χ2v) is 8.94. The molecule has 0 atom stereocenters. The summed E-state index contributed by atoms with van der Waals surface area (Å²) in [5.74, 6) is 2.94. The second kappa shape index (κ2) is 5.00. The Morgan fingerprint density at radius 2 is 1.32 bits per heavy atom. The van der Waals surface area contributed by atoms with E-state index in [1.165, 1.54) is 60.6 Å². The van der Waals surface area contributed by atoms with Crippen LogP contribution in [0.3, 0.4) is 0 Å². The summed E-state index contributed by atoms with van der Waals surface area (Å²) in [5, 5.41) is 1.42. The van der Waals surface area contributed by atoms with Crippen molar-refractivity contribution in [2.24, 2.45) is 17.8 Å². The predicted octanol–water partition coefficient (Wildman–Crippen LogP) is 6.23. The Bertz CT molecular complexity index is 898. The third-order valence-corrected chi connectivity index (χ3v) is 7.31. The van der Waals surface area contributed by atoms with E-state index in [9.17, 15) is 0 Å². The van der Waals surface area contributed by atoms with Crippen molar-refractivity contribution in [2.45, 2.75) is 44.1 Å². The standard InChI is InChI=1S/C24H25N/c1-2-6-20(7-3-1)22-16-25(23-9-5-4-8-21(22)23)24-13-17-10-18(14-24)12-19(11-17)15-24/h1-9,16-19H,10-15H2. The third kappa shape index (κ3) is 2.02. The molecule has 4 fully saturated rings. The Balaban J connectivity index is 1.57. The highest BCUT2D eigenvalue weighted by Gasteiger charge is 2.52. The SMILES string of the molecule is c1ccc(-c2cn(C34CC5CC(CC(C5)C3)C4)c3ccccc23)cc1. The summed E-state index contributed by atoms with van der Waals surface area (Å²) in [5.41, 5.74) is 4.60. The van der Waals surface area contributed by atoms with E-state index in [-0.39, 0.29) is 0 Å². The molecule has 25 heavy (non-hydrogen) atoms. The first-order valence-corrected chi connectivity index (χ1v) is 9.97. The first kappa shape index (κ1) is 14.2. The summed E-state index contributed by atoms with van der Waals surface area (Å²) in [6.45, 7) is 0. The fraction of sp³-hybridized carbons (Fsp3) is 0.417. The van der Waals surface area contributed by atoms with Crippen molar-refractivity contribution in [3.63, 3.8) is 0 Å². The molecule has 0 radical (unpaired) electrons. The zero-order valence-electron chi connectivity index (χ0n) is 14.7. The summed E-state index contributed by atoms with van der Waals surface area (Å²) in [7, 11) is 0. The topological polar surface area (TPSA) is 4.93 Å². The van der Waals surface area contributed by atoms with Crippen LogP contribution in [0.25, 0.3) is 22.0 Å². The van der Waals surface area contributed by atoms with Gasteiger partial charge in [0.1, 0.15) is 0 Å². The average Bonchev–Trinajstić information content (AvgIpc) is 3.02. The maximum absolute atomic E-state index is 2.72. The van der Waals surface area contributed by atoms with Crippen LogP contribution in [0.4, 0.5) is 0 Å². The molecule has 0 N–H and O–H groups in total. The van der Waals surface area contributed by atoms with E-state index in [1.807, 2.05) is 0 Å². The fourth-order valence-electron chi connectivity index (χ4n) is 6.78. The molecule has 0 unspecified atom stereocenters. The number of fused-ring (bicyclic) bond motifs is 1. The minimum absolute atomic E-state index is 0.390. The molecule has 4 aliphatic carbocycles. The van der Waals surface area contributed by atoms with E-state index >= 15 is 0 Å². The first-order valence-electron chi connectivity index (χ1n) is 9.97. The lowest BCUT2D eigenvalue weighted by Crippen LogP contribution is -2.51. The highest BCUT2D eigenvalue weighted by Crippen LogP contribution is 2.59. The zero-order chi connectivity index (χ0) is 16.4. The molecule has 1 aromatic heterocycles. The lowest BCUT2D eigenvalue weighted by atomic mass is 9.53.